The number of carbonyl (C=O) groups excluding carboxylic acids is 2. The van der Waals surface area contributed by atoms with Gasteiger partial charge in [-0.15, -0.1) is 12.4 Å². The summed E-state index contributed by atoms with van der Waals surface area (Å²) in [4.78, 5) is 28.7. The molecule has 3 fully saturated rings. The van der Waals surface area contributed by atoms with Gasteiger partial charge in [-0.05, 0) is 50.9 Å². The van der Waals surface area contributed by atoms with Crippen LogP contribution < -0.4 is 5.73 Å². The number of carbonyl (C=O) groups is 2. The van der Waals surface area contributed by atoms with Gasteiger partial charge in [-0.3, -0.25) is 9.59 Å². The molecule has 2 amide bonds. The molecule has 0 aromatic rings. The van der Waals surface area contributed by atoms with Crippen molar-refractivity contribution in [3.05, 3.63) is 0 Å². The molecule has 0 bridgehead atoms. The van der Waals surface area contributed by atoms with Crippen molar-refractivity contribution in [3.8, 4) is 0 Å². The standard InChI is InChI=1S/C18H31N3O2.ClH/c19-16-5-3-4-15(12-16)18(23)20-10-7-14(8-11-20)13-21-9-2-1-6-17(21)22;/h14-16H,1-13,19H2;1H. The van der Waals surface area contributed by atoms with Crippen LogP contribution >= 0.6 is 12.4 Å². The lowest BCUT2D eigenvalue weighted by Crippen LogP contribution is -2.46. The number of nitrogens with two attached hydrogens (primary N) is 1. The zero-order chi connectivity index (χ0) is 16.2. The van der Waals surface area contributed by atoms with Crippen LogP contribution in [0.5, 0.6) is 0 Å². The maximum atomic E-state index is 12.7. The molecule has 6 heteroatoms. The molecule has 1 saturated carbocycles. The largest absolute Gasteiger partial charge is 0.342 e. The van der Waals surface area contributed by atoms with Gasteiger partial charge in [0, 0.05) is 44.6 Å². The summed E-state index contributed by atoms with van der Waals surface area (Å²) < 4.78 is 0. The highest BCUT2D eigenvalue weighted by atomic mass is 35.5. The van der Waals surface area contributed by atoms with Crippen molar-refractivity contribution < 1.29 is 9.59 Å². The van der Waals surface area contributed by atoms with Gasteiger partial charge in [0.2, 0.25) is 11.8 Å². The second-order valence-electron chi connectivity index (χ2n) is 7.69. The van der Waals surface area contributed by atoms with Crippen LogP contribution in [-0.2, 0) is 9.59 Å². The maximum Gasteiger partial charge on any atom is 0.225 e. The van der Waals surface area contributed by atoms with Crippen LogP contribution in [0.2, 0.25) is 0 Å². The number of rotatable bonds is 3. The van der Waals surface area contributed by atoms with E-state index >= 15 is 0 Å². The number of amides is 2. The van der Waals surface area contributed by atoms with Gasteiger partial charge in [-0.1, -0.05) is 6.42 Å². The molecule has 2 aliphatic heterocycles. The minimum atomic E-state index is 0. The van der Waals surface area contributed by atoms with E-state index in [2.05, 4.69) is 4.90 Å². The van der Waals surface area contributed by atoms with Crippen molar-refractivity contribution in [2.24, 2.45) is 17.6 Å². The topological polar surface area (TPSA) is 66.6 Å². The molecule has 0 aromatic carbocycles. The van der Waals surface area contributed by atoms with Crippen molar-refractivity contribution in [2.75, 3.05) is 26.2 Å². The van der Waals surface area contributed by atoms with Gasteiger partial charge in [0.05, 0.1) is 0 Å². The smallest absolute Gasteiger partial charge is 0.225 e. The SMILES string of the molecule is Cl.NC1CCCC(C(=O)N2CCC(CN3CCCCC3=O)CC2)C1. The summed E-state index contributed by atoms with van der Waals surface area (Å²) >= 11 is 0. The Bertz CT molecular complexity index is 438. The summed E-state index contributed by atoms with van der Waals surface area (Å²) in [6.45, 7) is 3.54. The molecule has 2 atom stereocenters. The molecule has 0 spiro atoms. The first kappa shape index (κ1) is 19.5. The fourth-order valence-corrected chi connectivity index (χ4v) is 4.41. The molecule has 5 nitrogen and oxygen atoms in total. The zero-order valence-corrected chi connectivity index (χ0v) is 15.4. The van der Waals surface area contributed by atoms with E-state index in [4.69, 9.17) is 5.73 Å². The van der Waals surface area contributed by atoms with Crippen molar-refractivity contribution in [1.82, 2.24) is 9.80 Å². The predicted octanol–water partition coefficient (Wildman–Crippen LogP) is 2.18. The summed E-state index contributed by atoms with van der Waals surface area (Å²) in [6.07, 6.45) is 9.01. The number of likely N-dealkylation sites (tertiary alicyclic amines) is 2. The van der Waals surface area contributed by atoms with E-state index in [1.54, 1.807) is 0 Å². The third-order valence-corrected chi connectivity index (χ3v) is 5.89. The summed E-state index contributed by atoms with van der Waals surface area (Å²) in [5.41, 5.74) is 6.02. The Morgan fingerprint density at radius 3 is 2.46 bits per heavy atom. The summed E-state index contributed by atoms with van der Waals surface area (Å²) in [5, 5.41) is 0. The van der Waals surface area contributed by atoms with Crippen LogP contribution in [0.3, 0.4) is 0 Å². The number of piperidine rings is 2. The highest BCUT2D eigenvalue weighted by Gasteiger charge is 2.32. The molecule has 1 aliphatic carbocycles. The molecule has 2 heterocycles. The molecule has 0 aromatic heterocycles. The van der Waals surface area contributed by atoms with Crippen molar-refractivity contribution in [3.63, 3.8) is 0 Å². The van der Waals surface area contributed by atoms with Gasteiger partial charge < -0.3 is 15.5 Å². The second-order valence-corrected chi connectivity index (χ2v) is 7.69. The summed E-state index contributed by atoms with van der Waals surface area (Å²) in [6, 6.07) is 0.209. The Morgan fingerprint density at radius 2 is 1.79 bits per heavy atom. The molecule has 24 heavy (non-hydrogen) atoms. The molecule has 138 valence electrons. The van der Waals surface area contributed by atoms with Gasteiger partial charge in [-0.25, -0.2) is 0 Å². The van der Waals surface area contributed by atoms with E-state index in [1.807, 2.05) is 4.90 Å². The number of hydrogen-bond acceptors (Lipinski definition) is 3. The molecule has 0 radical (unpaired) electrons. The van der Waals surface area contributed by atoms with Crippen molar-refractivity contribution >= 4 is 24.2 Å². The van der Waals surface area contributed by atoms with E-state index in [-0.39, 0.29) is 24.4 Å². The Balaban J connectivity index is 0.00000208. The van der Waals surface area contributed by atoms with E-state index in [1.165, 1.54) is 0 Å². The molecule has 3 aliphatic rings. The molecular weight excluding hydrogens is 326 g/mol. The van der Waals surface area contributed by atoms with E-state index < -0.39 is 0 Å². The number of halogens is 1. The fraction of sp³-hybridized carbons (Fsp3) is 0.889. The van der Waals surface area contributed by atoms with Gasteiger partial charge >= 0.3 is 0 Å². The fourth-order valence-electron chi connectivity index (χ4n) is 4.41. The first-order chi connectivity index (χ1) is 11.1. The lowest BCUT2D eigenvalue weighted by molar-refractivity contribution is -0.139. The molecule has 2 N–H and O–H groups in total. The minimum absolute atomic E-state index is 0. The monoisotopic (exact) mass is 357 g/mol. The lowest BCUT2D eigenvalue weighted by atomic mass is 9.84. The average Bonchev–Trinajstić information content (AvgIpc) is 2.57. The van der Waals surface area contributed by atoms with Gasteiger partial charge in [-0.2, -0.15) is 0 Å². The quantitative estimate of drug-likeness (QED) is 0.841. The average molecular weight is 358 g/mol. The molecule has 3 rings (SSSR count). The lowest BCUT2D eigenvalue weighted by Gasteiger charge is -2.38. The van der Waals surface area contributed by atoms with Gasteiger partial charge in [0.15, 0.2) is 0 Å². The predicted molar refractivity (Wildman–Crippen MR) is 96.9 cm³/mol. The minimum Gasteiger partial charge on any atom is -0.342 e. The Morgan fingerprint density at radius 1 is 1.04 bits per heavy atom. The van der Waals surface area contributed by atoms with Gasteiger partial charge in [0.1, 0.15) is 0 Å². The first-order valence-corrected chi connectivity index (χ1v) is 9.45. The van der Waals surface area contributed by atoms with E-state index in [9.17, 15) is 9.59 Å². The van der Waals surface area contributed by atoms with Crippen LogP contribution in [0.25, 0.3) is 0 Å². The highest BCUT2D eigenvalue weighted by molar-refractivity contribution is 5.85. The van der Waals surface area contributed by atoms with Crippen LogP contribution in [0.1, 0.15) is 57.8 Å². The Hall–Kier alpha value is -0.810. The van der Waals surface area contributed by atoms with Crippen LogP contribution in [0.15, 0.2) is 0 Å². The highest BCUT2D eigenvalue weighted by Crippen LogP contribution is 2.27. The number of hydrogen-bond donors (Lipinski definition) is 1. The maximum absolute atomic E-state index is 12.7. The second kappa shape index (κ2) is 9.04. The van der Waals surface area contributed by atoms with E-state index in [0.717, 1.165) is 84.0 Å². The summed E-state index contributed by atoms with van der Waals surface area (Å²) in [5.74, 6) is 1.37. The zero-order valence-electron chi connectivity index (χ0n) is 14.6. The van der Waals surface area contributed by atoms with Crippen molar-refractivity contribution in [1.29, 1.82) is 0 Å². The van der Waals surface area contributed by atoms with Crippen LogP contribution in [0, 0.1) is 11.8 Å². The third-order valence-electron chi connectivity index (χ3n) is 5.89. The Labute approximate surface area is 151 Å². The van der Waals surface area contributed by atoms with Crippen molar-refractivity contribution in [2.45, 2.75) is 63.8 Å². The number of nitrogens with zero attached hydrogens (tertiary/aromatic N) is 2. The summed E-state index contributed by atoms with van der Waals surface area (Å²) in [7, 11) is 0. The van der Waals surface area contributed by atoms with Gasteiger partial charge in [0.25, 0.3) is 0 Å². The first-order valence-electron chi connectivity index (χ1n) is 9.45. The Kier molecular flexibility index (Phi) is 7.35. The van der Waals surface area contributed by atoms with Crippen LogP contribution in [0.4, 0.5) is 0 Å². The third kappa shape index (κ3) is 4.85. The molecular formula is C18H32ClN3O2. The van der Waals surface area contributed by atoms with Crippen LogP contribution in [-0.4, -0.2) is 53.8 Å². The molecule has 2 saturated heterocycles. The molecule has 2 unspecified atom stereocenters. The van der Waals surface area contributed by atoms with E-state index in [0.29, 0.717) is 17.7 Å². The normalized spacial score (nSPS) is 29.3.